The third-order valence-corrected chi connectivity index (χ3v) is 4.68. The van der Waals surface area contributed by atoms with Crippen LogP contribution in [0.25, 0.3) is 0 Å². The van der Waals surface area contributed by atoms with E-state index in [1.54, 1.807) is 19.1 Å². The van der Waals surface area contributed by atoms with E-state index in [2.05, 4.69) is 28.1 Å². The first kappa shape index (κ1) is 17.5. The molecule has 3 rings (SSSR count). The lowest BCUT2D eigenvalue weighted by atomic mass is 10.1. The fourth-order valence-electron chi connectivity index (χ4n) is 3.02. The van der Waals surface area contributed by atoms with Crippen LogP contribution in [-0.4, -0.2) is 10.4 Å². The zero-order chi connectivity index (χ0) is 18.7. The highest BCUT2D eigenvalue weighted by Gasteiger charge is 2.18. The van der Waals surface area contributed by atoms with Gasteiger partial charge in [0.25, 0.3) is 0 Å². The number of nitrogens with zero attached hydrogens (tertiary/aromatic N) is 2. The lowest BCUT2D eigenvalue weighted by Crippen LogP contribution is -2.07. The number of hydrogen-bond donors (Lipinski definition) is 1. The SMILES string of the molecule is CC(=O)c1ccc(Nc2c(C#N)c(C)c(C)n2Cc2ccccc2)cc1. The Morgan fingerprint density at radius 3 is 2.31 bits per heavy atom. The van der Waals surface area contributed by atoms with E-state index in [0.29, 0.717) is 17.7 Å². The average molecular weight is 343 g/mol. The van der Waals surface area contributed by atoms with Crippen molar-refractivity contribution in [1.82, 2.24) is 4.57 Å². The molecule has 0 spiro atoms. The Kier molecular flexibility index (Phi) is 4.90. The van der Waals surface area contributed by atoms with Gasteiger partial charge in [-0.15, -0.1) is 0 Å². The predicted octanol–water partition coefficient (Wildman–Crippen LogP) is 4.97. The number of rotatable bonds is 5. The Labute approximate surface area is 153 Å². The lowest BCUT2D eigenvalue weighted by molar-refractivity contribution is 0.101. The zero-order valence-electron chi connectivity index (χ0n) is 15.2. The molecule has 0 fully saturated rings. The first-order valence-electron chi connectivity index (χ1n) is 8.53. The van der Waals surface area contributed by atoms with Crippen LogP contribution in [0.5, 0.6) is 0 Å². The summed E-state index contributed by atoms with van der Waals surface area (Å²) >= 11 is 0. The molecule has 0 unspecified atom stereocenters. The molecule has 0 bridgehead atoms. The molecule has 26 heavy (non-hydrogen) atoms. The van der Waals surface area contributed by atoms with Crippen LogP contribution in [0.1, 0.15) is 39.7 Å². The van der Waals surface area contributed by atoms with Crippen LogP contribution < -0.4 is 5.32 Å². The van der Waals surface area contributed by atoms with E-state index in [1.165, 1.54) is 5.56 Å². The smallest absolute Gasteiger partial charge is 0.159 e. The molecule has 1 N–H and O–H groups in total. The van der Waals surface area contributed by atoms with Crippen molar-refractivity contribution < 1.29 is 4.79 Å². The van der Waals surface area contributed by atoms with Crippen molar-refractivity contribution in [2.75, 3.05) is 5.32 Å². The Bertz CT molecular complexity index is 977. The average Bonchev–Trinajstić information content (AvgIpc) is 2.87. The van der Waals surface area contributed by atoms with Crippen molar-refractivity contribution in [3.63, 3.8) is 0 Å². The maximum Gasteiger partial charge on any atom is 0.159 e. The summed E-state index contributed by atoms with van der Waals surface area (Å²) in [5, 5.41) is 13.0. The number of benzene rings is 2. The second-order valence-electron chi connectivity index (χ2n) is 6.38. The number of carbonyl (C=O) groups excluding carboxylic acids is 1. The molecule has 0 amide bonds. The van der Waals surface area contributed by atoms with Gasteiger partial charge >= 0.3 is 0 Å². The highest BCUT2D eigenvalue weighted by atomic mass is 16.1. The van der Waals surface area contributed by atoms with Crippen LogP contribution in [0.15, 0.2) is 54.6 Å². The number of anilines is 2. The fourth-order valence-corrected chi connectivity index (χ4v) is 3.02. The summed E-state index contributed by atoms with van der Waals surface area (Å²) in [7, 11) is 0. The van der Waals surface area contributed by atoms with Crippen molar-refractivity contribution in [1.29, 1.82) is 5.26 Å². The van der Waals surface area contributed by atoms with Gasteiger partial charge in [0, 0.05) is 23.5 Å². The van der Waals surface area contributed by atoms with Gasteiger partial charge in [-0.1, -0.05) is 30.3 Å². The minimum Gasteiger partial charge on any atom is -0.341 e. The predicted molar refractivity (Wildman–Crippen MR) is 104 cm³/mol. The van der Waals surface area contributed by atoms with Gasteiger partial charge in [-0.25, -0.2) is 0 Å². The van der Waals surface area contributed by atoms with Gasteiger partial charge in [0.1, 0.15) is 11.9 Å². The summed E-state index contributed by atoms with van der Waals surface area (Å²) in [6, 6.07) is 19.8. The molecule has 0 atom stereocenters. The number of ketones is 1. The standard InChI is InChI=1S/C22H21N3O/c1-15-16(2)25(14-18-7-5-4-6-8-18)22(21(15)13-23)24-20-11-9-19(10-12-20)17(3)26/h4-12,24H,14H2,1-3H3. The molecule has 3 aromatic rings. The molecule has 1 aromatic heterocycles. The number of carbonyl (C=O) groups is 1. The molecule has 0 aliphatic carbocycles. The van der Waals surface area contributed by atoms with Gasteiger partial charge in [-0.2, -0.15) is 5.26 Å². The topological polar surface area (TPSA) is 57.8 Å². The van der Waals surface area contributed by atoms with Gasteiger partial charge in [0.15, 0.2) is 5.78 Å². The second kappa shape index (κ2) is 7.28. The molecule has 0 aliphatic heterocycles. The Hall–Kier alpha value is -3.32. The maximum atomic E-state index is 11.5. The number of Topliss-reactive ketones (excluding diaryl/α,β-unsaturated/α-hetero) is 1. The molecule has 0 radical (unpaired) electrons. The van der Waals surface area contributed by atoms with E-state index < -0.39 is 0 Å². The third kappa shape index (κ3) is 3.38. The number of nitriles is 1. The van der Waals surface area contributed by atoms with Crippen LogP contribution in [0.2, 0.25) is 0 Å². The largest absolute Gasteiger partial charge is 0.341 e. The maximum absolute atomic E-state index is 11.5. The van der Waals surface area contributed by atoms with Gasteiger partial charge in [-0.05, 0) is 56.2 Å². The summed E-state index contributed by atoms with van der Waals surface area (Å²) < 4.78 is 2.13. The van der Waals surface area contributed by atoms with E-state index >= 15 is 0 Å². The molecule has 1 heterocycles. The fraction of sp³-hybridized carbons (Fsp3) is 0.182. The quantitative estimate of drug-likeness (QED) is 0.665. The van der Waals surface area contributed by atoms with Gasteiger partial charge in [0.05, 0.1) is 5.56 Å². The number of hydrogen-bond acceptors (Lipinski definition) is 3. The summed E-state index contributed by atoms with van der Waals surface area (Å²) in [6.45, 7) is 6.24. The van der Waals surface area contributed by atoms with E-state index in [1.807, 2.05) is 44.2 Å². The molecule has 4 heteroatoms. The van der Waals surface area contributed by atoms with E-state index in [0.717, 1.165) is 22.8 Å². The van der Waals surface area contributed by atoms with Crippen molar-refractivity contribution in [2.24, 2.45) is 0 Å². The molecule has 130 valence electrons. The molecule has 2 aromatic carbocycles. The molecule has 0 aliphatic rings. The highest BCUT2D eigenvalue weighted by Crippen LogP contribution is 2.30. The van der Waals surface area contributed by atoms with E-state index in [-0.39, 0.29) is 5.78 Å². The normalized spacial score (nSPS) is 10.4. The molecular formula is C22H21N3O. The van der Waals surface area contributed by atoms with Crippen LogP contribution >= 0.6 is 0 Å². The number of nitrogens with one attached hydrogen (secondary N) is 1. The Morgan fingerprint density at radius 2 is 1.73 bits per heavy atom. The lowest BCUT2D eigenvalue weighted by Gasteiger charge is -2.14. The monoisotopic (exact) mass is 343 g/mol. The van der Waals surface area contributed by atoms with Crippen molar-refractivity contribution >= 4 is 17.3 Å². The van der Waals surface area contributed by atoms with E-state index in [4.69, 9.17) is 0 Å². The molecule has 0 saturated carbocycles. The van der Waals surface area contributed by atoms with Gasteiger partial charge in [-0.3, -0.25) is 4.79 Å². The minimum atomic E-state index is 0.0356. The van der Waals surface area contributed by atoms with Crippen LogP contribution in [0, 0.1) is 25.2 Å². The molecule has 0 saturated heterocycles. The summed E-state index contributed by atoms with van der Waals surface area (Å²) in [5.74, 6) is 0.815. The Balaban J connectivity index is 2.00. The molecular weight excluding hydrogens is 322 g/mol. The third-order valence-electron chi connectivity index (χ3n) is 4.68. The van der Waals surface area contributed by atoms with Crippen LogP contribution in [-0.2, 0) is 6.54 Å². The summed E-state index contributed by atoms with van der Waals surface area (Å²) in [6.07, 6.45) is 0. The van der Waals surface area contributed by atoms with Crippen LogP contribution in [0.3, 0.4) is 0 Å². The first-order valence-corrected chi connectivity index (χ1v) is 8.53. The van der Waals surface area contributed by atoms with Gasteiger partial charge in [0.2, 0.25) is 0 Å². The minimum absolute atomic E-state index is 0.0356. The van der Waals surface area contributed by atoms with E-state index in [9.17, 15) is 10.1 Å². The molecule has 4 nitrogen and oxygen atoms in total. The Morgan fingerprint density at radius 1 is 1.08 bits per heavy atom. The first-order chi connectivity index (χ1) is 12.5. The summed E-state index contributed by atoms with van der Waals surface area (Å²) in [4.78, 5) is 11.5. The van der Waals surface area contributed by atoms with Crippen molar-refractivity contribution in [3.05, 3.63) is 82.5 Å². The van der Waals surface area contributed by atoms with Crippen molar-refractivity contribution in [2.45, 2.75) is 27.3 Å². The highest BCUT2D eigenvalue weighted by molar-refractivity contribution is 5.94. The zero-order valence-corrected chi connectivity index (χ0v) is 15.2. The summed E-state index contributed by atoms with van der Waals surface area (Å²) in [5.41, 5.74) is 5.38. The number of aromatic nitrogens is 1. The van der Waals surface area contributed by atoms with Gasteiger partial charge < -0.3 is 9.88 Å². The van der Waals surface area contributed by atoms with Crippen LogP contribution in [0.4, 0.5) is 11.5 Å². The van der Waals surface area contributed by atoms with Crippen molar-refractivity contribution in [3.8, 4) is 6.07 Å². The second-order valence-corrected chi connectivity index (χ2v) is 6.38.